The van der Waals surface area contributed by atoms with Gasteiger partial charge in [-0.05, 0) is 31.0 Å². The van der Waals surface area contributed by atoms with Gasteiger partial charge in [0.15, 0.2) is 0 Å². The number of imide groups is 1. The van der Waals surface area contributed by atoms with E-state index in [-0.39, 0.29) is 17.9 Å². The van der Waals surface area contributed by atoms with E-state index < -0.39 is 0 Å². The summed E-state index contributed by atoms with van der Waals surface area (Å²) in [6.45, 7) is 1.94. The number of fused-ring (bicyclic) bond motifs is 2. The minimum atomic E-state index is -0.304. The summed E-state index contributed by atoms with van der Waals surface area (Å²) in [5, 5.41) is 9.95. The molecule has 0 bridgehead atoms. The number of carbonyl (C=O) groups excluding carboxylic acids is 2. The van der Waals surface area contributed by atoms with E-state index in [1.54, 1.807) is 36.5 Å². The monoisotopic (exact) mass is 295 g/mol. The minimum absolute atomic E-state index is 0.244. The quantitative estimate of drug-likeness (QED) is 0.496. The van der Waals surface area contributed by atoms with Crippen molar-refractivity contribution in [1.82, 2.24) is 4.90 Å². The Morgan fingerprint density at radius 1 is 1.14 bits per heavy atom. The first-order valence-electron chi connectivity index (χ1n) is 7.30. The molecular weight excluding hydrogens is 280 g/mol. The molecule has 1 aliphatic heterocycles. The summed E-state index contributed by atoms with van der Waals surface area (Å²) in [4.78, 5) is 26.6. The first-order chi connectivity index (χ1) is 10.6. The van der Waals surface area contributed by atoms with Crippen molar-refractivity contribution in [2.24, 2.45) is 0 Å². The Kier molecular flexibility index (Phi) is 2.60. The first-order valence-corrected chi connectivity index (χ1v) is 7.30. The van der Waals surface area contributed by atoms with E-state index >= 15 is 0 Å². The van der Waals surface area contributed by atoms with Gasteiger partial charge in [0.1, 0.15) is 0 Å². The number of aromatic nitrogens is 1. The molecule has 1 atom stereocenters. The van der Waals surface area contributed by atoms with Crippen LogP contribution >= 0.6 is 0 Å². The minimum Gasteiger partial charge on any atom is -0.285 e. The van der Waals surface area contributed by atoms with E-state index in [4.69, 9.17) is 0 Å². The Hall–Kier alpha value is -2.69. The maximum Gasteiger partial charge on any atom is 0.262 e. The van der Waals surface area contributed by atoms with Crippen molar-refractivity contribution in [3.63, 3.8) is 0 Å². The number of carbonyl (C=O) groups is 2. The van der Waals surface area contributed by atoms with Gasteiger partial charge in [-0.15, -0.1) is 0 Å². The highest BCUT2D eigenvalue weighted by atomic mass is 16.5. The number of hydrogen-bond donors (Lipinski definition) is 1. The molecule has 4 rings (SSSR count). The average molecular weight is 295 g/mol. The van der Waals surface area contributed by atoms with Crippen molar-refractivity contribution in [2.75, 3.05) is 0 Å². The van der Waals surface area contributed by atoms with E-state index in [9.17, 15) is 14.8 Å². The number of pyridine rings is 1. The molecule has 1 aliphatic carbocycles. The van der Waals surface area contributed by atoms with Crippen LogP contribution in [0.25, 0.3) is 0 Å². The SMILES string of the molecule is Cc1cc[n+](O)c2c1C(N1C(=O)c3ccccc3C1=O)CC2. The van der Waals surface area contributed by atoms with Crippen LogP contribution in [0.3, 0.4) is 0 Å². The zero-order valence-corrected chi connectivity index (χ0v) is 12.1. The number of aryl methyl sites for hydroxylation is 1. The molecule has 110 valence electrons. The lowest BCUT2D eigenvalue weighted by molar-refractivity contribution is -0.909. The summed E-state index contributed by atoms with van der Waals surface area (Å²) >= 11 is 0. The molecule has 1 aromatic carbocycles. The zero-order chi connectivity index (χ0) is 15.4. The third-order valence-electron chi connectivity index (χ3n) is 4.60. The zero-order valence-electron chi connectivity index (χ0n) is 12.1. The maximum atomic E-state index is 12.6. The van der Waals surface area contributed by atoms with Gasteiger partial charge in [-0.25, -0.2) is 0 Å². The lowest BCUT2D eigenvalue weighted by Gasteiger charge is -2.22. The number of hydrogen-bond acceptors (Lipinski definition) is 3. The summed E-state index contributed by atoms with van der Waals surface area (Å²) in [5.74, 6) is -0.489. The van der Waals surface area contributed by atoms with Crippen LogP contribution in [0.2, 0.25) is 0 Å². The second-order valence-electron chi connectivity index (χ2n) is 5.78. The lowest BCUT2D eigenvalue weighted by Crippen LogP contribution is -2.37. The third kappa shape index (κ3) is 1.56. The van der Waals surface area contributed by atoms with E-state index in [0.29, 0.717) is 24.0 Å². The van der Waals surface area contributed by atoms with Crippen molar-refractivity contribution in [2.45, 2.75) is 25.8 Å². The lowest BCUT2D eigenvalue weighted by atomic mass is 10.0. The maximum absolute atomic E-state index is 12.6. The van der Waals surface area contributed by atoms with Gasteiger partial charge >= 0.3 is 0 Å². The van der Waals surface area contributed by atoms with Crippen LogP contribution < -0.4 is 4.73 Å². The molecule has 0 radical (unpaired) electrons. The summed E-state index contributed by atoms with van der Waals surface area (Å²) < 4.78 is 1.10. The summed E-state index contributed by atoms with van der Waals surface area (Å²) in [6, 6.07) is 8.41. The Bertz CT molecular complexity index is 794. The summed E-state index contributed by atoms with van der Waals surface area (Å²) in [5.41, 5.74) is 3.58. The highest BCUT2D eigenvalue weighted by molar-refractivity contribution is 6.21. The van der Waals surface area contributed by atoms with E-state index in [0.717, 1.165) is 21.6 Å². The molecule has 0 saturated heterocycles. The number of benzene rings is 1. The van der Waals surface area contributed by atoms with Crippen LogP contribution in [0.15, 0.2) is 36.5 Å². The van der Waals surface area contributed by atoms with E-state index in [1.807, 2.05) is 6.92 Å². The smallest absolute Gasteiger partial charge is 0.262 e. The van der Waals surface area contributed by atoms with E-state index in [2.05, 4.69) is 0 Å². The van der Waals surface area contributed by atoms with Gasteiger partial charge in [0.05, 0.1) is 22.7 Å². The summed E-state index contributed by atoms with van der Waals surface area (Å²) in [6.07, 6.45) is 2.89. The van der Waals surface area contributed by atoms with Gasteiger partial charge in [0, 0.05) is 17.2 Å². The molecule has 1 unspecified atom stereocenters. The second kappa shape index (κ2) is 4.40. The molecule has 22 heavy (non-hydrogen) atoms. The fraction of sp³-hybridized carbons (Fsp3) is 0.235. The van der Waals surface area contributed by atoms with Gasteiger partial charge in [0.2, 0.25) is 11.9 Å². The van der Waals surface area contributed by atoms with Crippen LogP contribution in [0.4, 0.5) is 0 Å². The molecule has 2 heterocycles. The first kappa shape index (κ1) is 13.0. The van der Waals surface area contributed by atoms with Gasteiger partial charge < -0.3 is 0 Å². The van der Waals surface area contributed by atoms with E-state index in [1.165, 1.54) is 4.90 Å². The standard InChI is InChI=1S/C17H15N2O3/c1-10-8-9-18(22)13-6-7-14(15(10)13)19-16(20)11-4-2-3-5-12(11)17(19)21/h2-5,8-9,14,22H,6-7H2,1H3/q+1. The van der Waals surface area contributed by atoms with Crippen LogP contribution in [0.5, 0.6) is 0 Å². The van der Waals surface area contributed by atoms with Gasteiger partial charge in [-0.1, -0.05) is 12.1 Å². The molecule has 1 N–H and O–H groups in total. The number of rotatable bonds is 1. The Labute approximate surface area is 127 Å². The normalized spacial score (nSPS) is 19.5. The topological polar surface area (TPSA) is 61.5 Å². The second-order valence-corrected chi connectivity index (χ2v) is 5.78. The molecule has 5 nitrogen and oxygen atoms in total. The highest BCUT2D eigenvalue weighted by Crippen LogP contribution is 2.40. The molecule has 0 saturated carbocycles. The predicted molar refractivity (Wildman–Crippen MR) is 76.6 cm³/mol. The van der Waals surface area contributed by atoms with Crippen molar-refractivity contribution >= 4 is 11.8 Å². The molecular formula is C17H15N2O3+. The fourth-order valence-corrected chi connectivity index (χ4v) is 3.58. The van der Waals surface area contributed by atoms with Gasteiger partial charge in [-0.3, -0.25) is 19.7 Å². The van der Waals surface area contributed by atoms with Gasteiger partial charge in [0.25, 0.3) is 11.8 Å². The molecule has 1 aromatic heterocycles. The number of nitrogens with zero attached hydrogens (tertiary/aromatic N) is 2. The summed E-state index contributed by atoms with van der Waals surface area (Å²) in [7, 11) is 0. The van der Waals surface area contributed by atoms with Crippen molar-refractivity contribution in [3.05, 3.63) is 64.5 Å². The van der Waals surface area contributed by atoms with Crippen LogP contribution in [-0.2, 0) is 6.42 Å². The third-order valence-corrected chi connectivity index (χ3v) is 4.60. The predicted octanol–water partition coefficient (Wildman–Crippen LogP) is 1.80. The van der Waals surface area contributed by atoms with Crippen molar-refractivity contribution in [1.29, 1.82) is 0 Å². The molecule has 0 fully saturated rings. The van der Waals surface area contributed by atoms with Crippen molar-refractivity contribution < 1.29 is 19.5 Å². The van der Waals surface area contributed by atoms with Crippen LogP contribution in [0.1, 0.15) is 50.0 Å². The molecule has 2 aliphatic rings. The fourth-order valence-electron chi connectivity index (χ4n) is 3.58. The molecule has 5 heteroatoms. The Balaban J connectivity index is 1.83. The van der Waals surface area contributed by atoms with Gasteiger partial charge in [-0.2, -0.15) is 0 Å². The molecule has 2 aromatic rings. The number of amides is 2. The van der Waals surface area contributed by atoms with Crippen LogP contribution in [-0.4, -0.2) is 21.9 Å². The largest absolute Gasteiger partial charge is 0.285 e. The van der Waals surface area contributed by atoms with Crippen LogP contribution in [0, 0.1) is 6.92 Å². The molecule has 2 amide bonds. The molecule has 0 spiro atoms. The average Bonchev–Trinajstić information content (AvgIpc) is 3.06. The Morgan fingerprint density at radius 3 is 2.41 bits per heavy atom. The van der Waals surface area contributed by atoms with Crippen molar-refractivity contribution in [3.8, 4) is 0 Å². The highest BCUT2D eigenvalue weighted by Gasteiger charge is 2.45. The Morgan fingerprint density at radius 2 is 1.77 bits per heavy atom.